The second kappa shape index (κ2) is 5.35. The summed E-state index contributed by atoms with van der Waals surface area (Å²) in [6.07, 6.45) is 1.29. The fourth-order valence-corrected chi connectivity index (χ4v) is 1.55. The minimum absolute atomic E-state index is 0.312. The Labute approximate surface area is 104 Å². The van der Waals surface area contributed by atoms with E-state index in [9.17, 15) is 4.79 Å². The molecule has 94 valence electrons. The van der Waals surface area contributed by atoms with E-state index in [1.165, 1.54) is 6.26 Å². The van der Waals surface area contributed by atoms with Gasteiger partial charge in [0.1, 0.15) is 23.3 Å². The van der Waals surface area contributed by atoms with Crippen LogP contribution in [-0.2, 0) is 4.74 Å². The molecule has 2 aromatic rings. The van der Waals surface area contributed by atoms with E-state index in [0.717, 1.165) is 11.3 Å². The number of aromatic nitrogens is 1. The molecule has 1 aromatic carbocycles. The molecule has 0 amide bonds. The van der Waals surface area contributed by atoms with Gasteiger partial charge in [0.05, 0.1) is 13.7 Å². The largest absolute Gasteiger partial charge is 0.497 e. The van der Waals surface area contributed by atoms with Crippen molar-refractivity contribution in [2.45, 2.75) is 6.92 Å². The van der Waals surface area contributed by atoms with Crippen LogP contribution < -0.4 is 4.74 Å². The Kier molecular flexibility index (Phi) is 3.62. The molecule has 0 aliphatic heterocycles. The number of ether oxygens (including phenoxy) is 2. The van der Waals surface area contributed by atoms with E-state index >= 15 is 0 Å². The van der Waals surface area contributed by atoms with E-state index in [1.807, 2.05) is 0 Å². The Morgan fingerprint density at radius 3 is 2.67 bits per heavy atom. The standard InChI is InChI=1S/C13H13NO4/c1-3-17-13(15)11-8-18-14-12(11)9-4-6-10(16-2)7-5-9/h4-8H,3H2,1-2H3. The molecule has 0 spiro atoms. The van der Waals surface area contributed by atoms with Crippen molar-refractivity contribution in [1.82, 2.24) is 5.16 Å². The highest BCUT2D eigenvalue weighted by molar-refractivity contribution is 5.95. The number of esters is 1. The molecule has 0 bridgehead atoms. The van der Waals surface area contributed by atoms with Gasteiger partial charge < -0.3 is 14.0 Å². The first-order valence-electron chi connectivity index (χ1n) is 5.52. The quantitative estimate of drug-likeness (QED) is 0.777. The molecule has 1 aromatic heterocycles. The molecule has 2 rings (SSSR count). The van der Waals surface area contributed by atoms with Crippen LogP contribution in [0.2, 0.25) is 0 Å². The first-order chi connectivity index (χ1) is 8.76. The summed E-state index contributed by atoms with van der Waals surface area (Å²) in [7, 11) is 1.59. The van der Waals surface area contributed by atoms with Gasteiger partial charge in [-0.15, -0.1) is 0 Å². The lowest BCUT2D eigenvalue weighted by Crippen LogP contribution is -2.04. The maximum absolute atomic E-state index is 11.7. The highest BCUT2D eigenvalue weighted by Crippen LogP contribution is 2.24. The highest BCUT2D eigenvalue weighted by atomic mass is 16.5. The van der Waals surface area contributed by atoms with Crippen molar-refractivity contribution >= 4 is 5.97 Å². The summed E-state index contributed by atoms with van der Waals surface area (Å²) >= 11 is 0. The second-order valence-corrected chi connectivity index (χ2v) is 3.53. The first-order valence-corrected chi connectivity index (χ1v) is 5.52. The van der Waals surface area contributed by atoms with E-state index in [4.69, 9.17) is 14.0 Å². The van der Waals surface area contributed by atoms with Crippen LogP contribution in [-0.4, -0.2) is 24.8 Å². The van der Waals surface area contributed by atoms with Gasteiger partial charge in [0.2, 0.25) is 0 Å². The zero-order valence-electron chi connectivity index (χ0n) is 10.2. The summed E-state index contributed by atoms with van der Waals surface area (Å²) in [5.41, 5.74) is 1.56. The number of hydrogen-bond donors (Lipinski definition) is 0. The summed E-state index contributed by atoms with van der Waals surface area (Å²) in [6, 6.07) is 7.19. The molecule has 0 saturated heterocycles. The number of hydrogen-bond acceptors (Lipinski definition) is 5. The van der Waals surface area contributed by atoms with Crippen LogP contribution in [0.3, 0.4) is 0 Å². The second-order valence-electron chi connectivity index (χ2n) is 3.53. The van der Waals surface area contributed by atoms with Crippen molar-refractivity contribution in [1.29, 1.82) is 0 Å². The van der Waals surface area contributed by atoms with Gasteiger partial charge in [0.15, 0.2) is 0 Å². The topological polar surface area (TPSA) is 61.6 Å². The lowest BCUT2D eigenvalue weighted by atomic mass is 10.1. The number of carbonyl (C=O) groups excluding carboxylic acids is 1. The summed E-state index contributed by atoms with van der Waals surface area (Å²) in [5, 5.41) is 3.83. The molecule has 1 heterocycles. The molecule has 0 radical (unpaired) electrons. The highest BCUT2D eigenvalue weighted by Gasteiger charge is 2.18. The van der Waals surface area contributed by atoms with E-state index in [2.05, 4.69) is 5.16 Å². The molecule has 0 aliphatic rings. The van der Waals surface area contributed by atoms with Crippen LogP contribution in [0.15, 0.2) is 35.1 Å². The molecule has 0 saturated carbocycles. The van der Waals surface area contributed by atoms with Gasteiger partial charge in [-0.3, -0.25) is 0 Å². The molecule has 18 heavy (non-hydrogen) atoms. The maximum atomic E-state index is 11.7. The van der Waals surface area contributed by atoms with Crippen LogP contribution in [0, 0.1) is 0 Å². The Morgan fingerprint density at radius 1 is 1.33 bits per heavy atom. The molecular weight excluding hydrogens is 234 g/mol. The van der Waals surface area contributed by atoms with Crippen LogP contribution in [0.25, 0.3) is 11.3 Å². The maximum Gasteiger partial charge on any atom is 0.343 e. The van der Waals surface area contributed by atoms with E-state index in [0.29, 0.717) is 17.9 Å². The van der Waals surface area contributed by atoms with Crippen molar-refractivity contribution in [3.8, 4) is 17.0 Å². The predicted octanol–water partition coefficient (Wildman–Crippen LogP) is 2.53. The average molecular weight is 247 g/mol. The fraction of sp³-hybridized carbons (Fsp3) is 0.231. The summed E-state index contributed by atoms with van der Waals surface area (Å²) in [5.74, 6) is 0.296. The zero-order valence-corrected chi connectivity index (χ0v) is 10.2. The molecular formula is C13H13NO4. The number of carbonyl (C=O) groups is 1. The van der Waals surface area contributed by atoms with Crippen molar-refractivity contribution in [3.05, 3.63) is 36.1 Å². The fourth-order valence-electron chi connectivity index (χ4n) is 1.55. The van der Waals surface area contributed by atoms with Crippen molar-refractivity contribution in [2.24, 2.45) is 0 Å². The Balaban J connectivity index is 2.32. The molecule has 0 N–H and O–H groups in total. The number of rotatable bonds is 4. The van der Waals surface area contributed by atoms with Gasteiger partial charge in [0, 0.05) is 5.56 Å². The number of nitrogens with zero attached hydrogens (tertiary/aromatic N) is 1. The van der Waals surface area contributed by atoms with Gasteiger partial charge in [-0.05, 0) is 31.2 Å². The first kappa shape index (κ1) is 12.2. The monoisotopic (exact) mass is 247 g/mol. The minimum atomic E-state index is -0.440. The number of methoxy groups -OCH3 is 1. The molecule has 0 aliphatic carbocycles. The SMILES string of the molecule is CCOC(=O)c1conc1-c1ccc(OC)cc1. The Bertz CT molecular complexity index is 530. The molecule has 5 nitrogen and oxygen atoms in total. The lowest BCUT2D eigenvalue weighted by molar-refractivity contribution is 0.0526. The van der Waals surface area contributed by atoms with Gasteiger partial charge in [-0.1, -0.05) is 5.16 Å². The van der Waals surface area contributed by atoms with Crippen molar-refractivity contribution < 1.29 is 18.8 Å². The van der Waals surface area contributed by atoms with Gasteiger partial charge >= 0.3 is 5.97 Å². The van der Waals surface area contributed by atoms with Gasteiger partial charge in [-0.2, -0.15) is 0 Å². The van der Waals surface area contributed by atoms with E-state index < -0.39 is 5.97 Å². The summed E-state index contributed by atoms with van der Waals surface area (Å²) < 4.78 is 14.8. The third kappa shape index (κ3) is 2.34. The van der Waals surface area contributed by atoms with Crippen LogP contribution in [0.5, 0.6) is 5.75 Å². The predicted molar refractivity (Wildman–Crippen MR) is 64.4 cm³/mol. The zero-order chi connectivity index (χ0) is 13.0. The normalized spacial score (nSPS) is 10.1. The molecule has 0 fully saturated rings. The van der Waals surface area contributed by atoms with Gasteiger partial charge in [-0.25, -0.2) is 4.79 Å². The average Bonchev–Trinajstić information content (AvgIpc) is 2.88. The third-order valence-corrected chi connectivity index (χ3v) is 2.43. The van der Waals surface area contributed by atoms with E-state index in [1.54, 1.807) is 38.3 Å². The molecule has 0 atom stereocenters. The van der Waals surface area contributed by atoms with Crippen LogP contribution in [0.1, 0.15) is 17.3 Å². The lowest BCUT2D eigenvalue weighted by Gasteiger charge is -2.03. The van der Waals surface area contributed by atoms with Crippen molar-refractivity contribution in [2.75, 3.05) is 13.7 Å². The third-order valence-electron chi connectivity index (χ3n) is 2.43. The smallest absolute Gasteiger partial charge is 0.343 e. The molecule has 5 heteroatoms. The Morgan fingerprint density at radius 2 is 2.06 bits per heavy atom. The van der Waals surface area contributed by atoms with Gasteiger partial charge in [0.25, 0.3) is 0 Å². The van der Waals surface area contributed by atoms with E-state index in [-0.39, 0.29) is 0 Å². The Hall–Kier alpha value is -2.30. The summed E-state index contributed by atoms with van der Waals surface area (Å²) in [6.45, 7) is 2.06. The summed E-state index contributed by atoms with van der Waals surface area (Å²) in [4.78, 5) is 11.7. The minimum Gasteiger partial charge on any atom is -0.497 e. The molecule has 0 unspecified atom stereocenters. The van der Waals surface area contributed by atoms with Crippen LogP contribution in [0.4, 0.5) is 0 Å². The van der Waals surface area contributed by atoms with Crippen molar-refractivity contribution in [3.63, 3.8) is 0 Å². The van der Waals surface area contributed by atoms with Crippen LogP contribution >= 0.6 is 0 Å². The number of benzene rings is 1.